The molecule has 0 heterocycles. The van der Waals surface area contributed by atoms with E-state index in [0.29, 0.717) is 11.5 Å². The summed E-state index contributed by atoms with van der Waals surface area (Å²) in [6, 6.07) is 7.34. The van der Waals surface area contributed by atoms with Gasteiger partial charge in [-0.05, 0) is 44.2 Å². The lowest BCUT2D eigenvalue weighted by Gasteiger charge is -2.22. The van der Waals surface area contributed by atoms with Crippen molar-refractivity contribution < 1.29 is 23.0 Å². The van der Waals surface area contributed by atoms with E-state index in [1.807, 2.05) is 13.0 Å². The predicted molar refractivity (Wildman–Crippen MR) is 95.5 cm³/mol. The zero-order chi connectivity index (χ0) is 19.3. The molecule has 1 amide bonds. The van der Waals surface area contributed by atoms with Gasteiger partial charge in [0.05, 0.1) is 25.9 Å². The van der Waals surface area contributed by atoms with E-state index in [1.54, 1.807) is 33.3 Å². The van der Waals surface area contributed by atoms with Gasteiger partial charge < -0.3 is 14.8 Å². The molecule has 0 aliphatic rings. The van der Waals surface area contributed by atoms with Crippen molar-refractivity contribution in [2.45, 2.75) is 25.9 Å². The van der Waals surface area contributed by atoms with E-state index in [9.17, 15) is 13.6 Å². The molecular weight excluding hydrogens is 342 g/mol. The third-order valence-corrected chi connectivity index (χ3v) is 3.98. The van der Waals surface area contributed by atoms with Crippen LogP contribution in [0.1, 0.15) is 25.5 Å². The quantitative estimate of drug-likeness (QED) is 0.787. The molecule has 0 radical (unpaired) electrons. The van der Waals surface area contributed by atoms with Crippen LogP contribution in [0.5, 0.6) is 11.5 Å². The summed E-state index contributed by atoms with van der Waals surface area (Å²) in [5.74, 6) is -0.502. The molecule has 5 nitrogen and oxygen atoms in total. The number of hydrogen-bond donors (Lipinski definition) is 2. The van der Waals surface area contributed by atoms with Crippen LogP contribution in [-0.4, -0.2) is 26.2 Å². The van der Waals surface area contributed by atoms with E-state index in [0.717, 1.165) is 23.8 Å². The third-order valence-electron chi connectivity index (χ3n) is 3.98. The number of benzene rings is 2. The Morgan fingerprint density at radius 1 is 1.04 bits per heavy atom. The van der Waals surface area contributed by atoms with Crippen molar-refractivity contribution in [3.05, 3.63) is 53.6 Å². The largest absolute Gasteiger partial charge is 0.497 e. The van der Waals surface area contributed by atoms with Gasteiger partial charge in [-0.2, -0.15) is 0 Å². The number of anilines is 1. The number of methoxy groups -OCH3 is 2. The Labute approximate surface area is 151 Å². The van der Waals surface area contributed by atoms with E-state index < -0.39 is 23.6 Å². The predicted octanol–water partition coefficient (Wildman–Crippen LogP) is 3.66. The molecule has 0 saturated heterocycles. The molecule has 2 rings (SSSR count). The highest BCUT2D eigenvalue weighted by molar-refractivity contribution is 5.94. The van der Waals surface area contributed by atoms with Gasteiger partial charge in [0.15, 0.2) is 0 Å². The Balaban J connectivity index is 2.10. The Morgan fingerprint density at radius 2 is 1.77 bits per heavy atom. The van der Waals surface area contributed by atoms with Gasteiger partial charge in [-0.25, -0.2) is 8.78 Å². The lowest BCUT2D eigenvalue weighted by atomic mass is 10.1. The van der Waals surface area contributed by atoms with Gasteiger partial charge in [0, 0.05) is 17.7 Å². The summed E-state index contributed by atoms with van der Waals surface area (Å²) in [5, 5.41) is 5.50. The number of ether oxygens (including phenoxy) is 2. The van der Waals surface area contributed by atoms with E-state index in [4.69, 9.17) is 9.47 Å². The second-order valence-electron chi connectivity index (χ2n) is 5.83. The molecule has 0 bridgehead atoms. The van der Waals surface area contributed by atoms with Crippen LogP contribution >= 0.6 is 0 Å². The monoisotopic (exact) mass is 364 g/mol. The molecule has 2 unspecified atom stereocenters. The van der Waals surface area contributed by atoms with Gasteiger partial charge in [-0.15, -0.1) is 0 Å². The highest BCUT2D eigenvalue weighted by Crippen LogP contribution is 2.29. The molecule has 0 spiro atoms. The molecule has 0 aromatic heterocycles. The average molecular weight is 364 g/mol. The van der Waals surface area contributed by atoms with Gasteiger partial charge >= 0.3 is 0 Å². The Morgan fingerprint density at radius 3 is 2.42 bits per heavy atom. The van der Waals surface area contributed by atoms with Gasteiger partial charge in [0.2, 0.25) is 5.91 Å². The first-order chi connectivity index (χ1) is 12.3. The molecular formula is C19H22F2N2O3. The first-order valence-corrected chi connectivity index (χ1v) is 8.09. The third kappa shape index (κ3) is 4.70. The van der Waals surface area contributed by atoms with E-state index in [-0.39, 0.29) is 11.7 Å². The molecule has 2 aromatic rings. The number of halogens is 2. The topological polar surface area (TPSA) is 59.6 Å². The zero-order valence-electron chi connectivity index (χ0n) is 15.1. The van der Waals surface area contributed by atoms with Crippen LogP contribution in [-0.2, 0) is 4.79 Å². The number of nitrogens with one attached hydrogen (secondary N) is 2. The van der Waals surface area contributed by atoms with Crippen LogP contribution in [0.3, 0.4) is 0 Å². The fraction of sp³-hybridized carbons (Fsp3) is 0.316. The smallest absolute Gasteiger partial charge is 0.241 e. The molecule has 0 saturated carbocycles. The van der Waals surface area contributed by atoms with E-state index in [2.05, 4.69) is 10.6 Å². The maximum atomic E-state index is 13.7. The lowest BCUT2D eigenvalue weighted by Crippen LogP contribution is -2.39. The Bertz CT molecular complexity index is 783. The van der Waals surface area contributed by atoms with Crippen molar-refractivity contribution in [1.82, 2.24) is 5.32 Å². The minimum absolute atomic E-state index is 0.199. The molecule has 2 atom stereocenters. The minimum Gasteiger partial charge on any atom is -0.497 e. The molecule has 2 aromatic carbocycles. The van der Waals surface area contributed by atoms with Crippen molar-refractivity contribution in [3.8, 4) is 11.5 Å². The highest BCUT2D eigenvalue weighted by atomic mass is 19.1. The molecule has 0 aliphatic carbocycles. The van der Waals surface area contributed by atoms with E-state index >= 15 is 0 Å². The standard InChI is InChI=1S/C19H22F2N2O3/c1-11(15-10-14(25-3)6-8-18(15)26-4)22-12(2)19(24)23-17-9-13(20)5-7-16(17)21/h5-12,22H,1-4H3,(H,23,24). The molecule has 0 aliphatic heterocycles. The summed E-state index contributed by atoms with van der Waals surface area (Å²) in [6.45, 7) is 3.50. The number of hydrogen-bond acceptors (Lipinski definition) is 4. The van der Waals surface area contributed by atoms with Crippen LogP contribution in [0, 0.1) is 11.6 Å². The van der Waals surface area contributed by atoms with Gasteiger partial charge in [0.25, 0.3) is 0 Å². The first kappa shape index (κ1) is 19.7. The Hall–Kier alpha value is -2.67. The molecule has 0 fully saturated rings. The van der Waals surface area contributed by atoms with Crippen molar-refractivity contribution in [2.75, 3.05) is 19.5 Å². The van der Waals surface area contributed by atoms with Crippen molar-refractivity contribution in [3.63, 3.8) is 0 Å². The second-order valence-corrected chi connectivity index (χ2v) is 5.83. The summed E-state index contributed by atoms with van der Waals surface area (Å²) >= 11 is 0. The maximum absolute atomic E-state index is 13.7. The first-order valence-electron chi connectivity index (χ1n) is 8.09. The SMILES string of the molecule is COc1ccc(OC)c(C(C)NC(C)C(=O)Nc2cc(F)ccc2F)c1. The van der Waals surface area contributed by atoms with E-state index in [1.165, 1.54) is 0 Å². The second kappa shape index (κ2) is 8.62. The molecule has 26 heavy (non-hydrogen) atoms. The summed E-state index contributed by atoms with van der Waals surface area (Å²) in [7, 11) is 3.12. The van der Waals surface area contributed by atoms with Gasteiger partial charge in [-0.3, -0.25) is 10.1 Å². The summed E-state index contributed by atoms with van der Waals surface area (Å²) in [4.78, 5) is 12.3. The molecule has 140 valence electrons. The lowest BCUT2D eigenvalue weighted by molar-refractivity contribution is -0.118. The van der Waals surface area contributed by atoms with Crippen molar-refractivity contribution in [2.24, 2.45) is 0 Å². The minimum atomic E-state index is -0.700. The summed E-state index contributed by atoms with van der Waals surface area (Å²) in [6.07, 6.45) is 0. The highest BCUT2D eigenvalue weighted by Gasteiger charge is 2.20. The van der Waals surface area contributed by atoms with Crippen LogP contribution in [0.15, 0.2) is 36.4 Å². The van der Waals surface area contributed by atoms with Crippen LogP contribution < -0.4 is 20.1 Å². The Kier molecular flexibility index (Phi) is 6.52. The average Bonchev–Trinajstić information content (AvgIpc) is 2.63. The summed E-state index contributed by atoms with van der Waals surface area (Å²) < 4.78 is 37.5. The number of carbonyl (C=O) groups is 1. The molecule has 2 N–H and O–H groups in total. The van der Waals surface area contributed by atoms with Crippen molar-refractivity contribution in [1.29, 1.82) is 0 Å². The number of amides is 1. The van der Waals surface area contributed by atoms with Gasteiger partial charge in [0.1, 0.15) is 23.1 Å². The number of carbonyl (C=O) groups excluding carboxylic acids is 1. The zero-order valence-corrected chi connectivity index (χ0v) is 15.1. The summed E-state index contributed by atoms with van der Waals surface area (Å²) in [5.41, 5.74) is 0.610. The maximum Gasteiger partial charge on any atom is 0.241 e. The fourth-order valence-electron chi connectivity index (χ4n) is 2.55. The fourth-order valence-corrected chi connectivity index (χ4v) is 2.55. The number of rotatable bonds is 7. The molecule has 7 heteroatoms. The normalized spacial score (nSPS) is 13.0. The van der Waals surface area contributed by atoms with Crippen LogP contribution in [0.4, 0.5) is 14.5 Å². The van der Waals surface area contributed by atoms with Crippen molar-refractivity contribution >= 4 is 11.6 Å². The van der Waals surface area contributed by atoms with Crippen LogP contribution in [0.2, 0.25) is 0 Å². The van der Waals surface area contributed by atoms with Gasteiger partial charge in [-0.1, -0.05) is 0 Å². The van der Waals surface area contributed by atoms with Crippen LogP contribution in [0.25, 0.3) is 0 Å².